The number of amides is 1. The highest BCUT2D eigenvalue weighted by molar-refractivity contribution is 9.09. The summed E-state index contributed by atoms with van der Waals surface area (Å²) in [7, 11) is 0. The summed E-state index contributed by atoms with van der Waals surface area (Å²) in [6.45, 7) is 1.61. The van der Waals surface area contributed by atoms with Gasteiger partial charge in [-0.1, -0.05) is 41.6 Å². The second-order valence-corrected chi connectivity index (χ2v) is 3.95. The second kappa shape index (κ2) is 11.0. The molecule has 0 saturated heterocycles. The number of nitrogens with two attached hydrogens (primary N) is 1. The molecule has 4 heteroatoms. The summed E-state index contributed by atoms with van der Waals surface area (Å²) in [5.74, 6) is 0.0770. The Labute approximate surface area is 94.9 Å². The molecule has 0 aromatic rings. The van der Waals surface area contributed by atoms with Gasteiger partial charge in [-0.05, 0) is 19.4 Å². The van der Waals surface area contributed by atoms with Crippen LogP contribution in [0.5, 0.6) is 0 Å². The van der Waals surface area contributed by atoms with Crippen molar-refractivity contribution in [1.29, 1.82) is 0 Å². The number of unbranched alkanes of at least 4 members (excludes halogenated alkanes) is 5. The van der Waals surface area contributed by atoms with Gasteiger partial charge < -0.3 is 11.1 Å². The van der Waals surface area contributed by atoms with Crippen molar-refractivity contribution in [1.82, 2.24) is 5.32 Å². The van der Waals surface area contributed by atoms with E-state index in [4.69, 9.17) is 5.73 Å². The number of nitrogens with one attached hydrogen (secondary N) is 1. The lowest BCUT2D eigenvalue weighted by molar-refractivity contribution is -0.118. The number of halogens is 1. The van der Waals surface area contributed by atoms with Crippen molar-refractivity contribution >= 4 is 21.8 Å². The van der Waals surface area contributed by atoms with Gasteiger partial charge in [0.25, 0.3) is 0 Å². The van der Waals surface area contributed by atoms with E-state index in [1.54, 1.807) is 0 Å². The van der Waals surface area contributed by atoms with Gasteiger partial charge in [-0.25, -0.2) is 0 Å². The standard InChI is InChI=1S/C10H21BrN2O/c11-9-10(14)13-8-6-4-2-1-3-5-7-12/h1-9,12H2,(H,13,14). The van der Waals surface area contributed by atoms with Crippen LogP contribution in [0.2, 0.25) is 0 Å². The van der Waals surface area contributed by atoms with E-state index in [9.17, 15) is 4.79 Å². The first-order chi connectivity index (χ1) is 6.81. The molecule has 0 unspecified atom stereocenters. The zero-order valence-electron chi connectivity index (χ0n) is 8.73. The molecule has 0 spiro atoms. The van der Waals surface area contributed by atoms with Crippen LogP contribution in [0.4, 0.5) is 0 Å². The highest BCUT2D eigenvalue weighted by atomic mass is 79.9. The largest absolute Gasteiger partial charge is 0.355 e. The Bertz CT molecular complexity index is 142. The summed E-state index contributed by atoms with van der Waals surface area (Å²) >= 11 is 3.10. The van der Waals surface area contributed by atoms with Crippen molar-refractivity contribution < 1.29 is 4.79 Å². The molecule has 0 aliphatic carbocycles. The van der Waals surface area contributed by atoms with Crippen molar-refractivity contribution in [2.75, 3.05) is 18.4 Å². The van der Waals surface area contributed by atoms with Gasteiger partial charge in [0.1, 0.15) is 0 Å². The van der Waals surface area contributed by atoms with Crippen LogP contribution in [-0.2, 0) is 4.79 Å². The second-order valence-electron chi connectivity index (χ2n) is 3.39. The molecule has 0 bridgehead atoms. The molecule has 3 N–H and O–H groups in total. The Hall–Kier alpha value is -0.0900. The summed E-state index contributed by atoms with van der Waals surface area (Å²) < 4.78 is 0. The number of alkyl halides is 1. The third kappa shape index (κ3) is 9.99. The minimum atomic E-state index is 0.0770. The van der Waals surface area contributed by atoms with E-state index < -0.39 is 0 Å². The van der Waals surface area contributed by atoms with E-state index in [1.807, 2.05) is 0 Å². The fourth-order valence-corrected chi connectivity index (χ4v) is 1.45. The van der Waals surface area contributed by atoms with E-state index in [-0.39, 0.29) is 5.91 Å². The van der Waals surface area contributed by atoms with Gasteiger partial charge in [0.15, 0.2) is 0 Å². The van der Waals surface area contributed by atoms with Crippen LogP contribution in [0.1, 0.15) is 38.5 Å². The van der Waals surface area contributed by atoms with Crippen molar-refractivity contribution in [2.45, 2.75) is 38.5 Å². The van der Waals surface area contributed by atoms with Gasteiger partial charge in [0.2, 0.25) is 5.91 Å². The molecule has 0 rings (SSSR count). The summed E-state index contributed by atoms with van der Waals surface area (Å²) in [6, 6.07) is 0. The average molecular weight is 265 g/mol. The fourth-order valence-electron chi connectivity index (χ4n) is 1.25. The normalized spacial score (nSPS) is 10.1. The topological polar surface area (TPSA) is 55.1 Å². The molecule has 84 valence electrons. The lowest BCUT2D eigenvalue weighted by Crippen LogP contribution is -2.25. The van der Waals surface area contributed by atoms with Gasteiger partial charge in [-0.3, -0.25) is 4.79 Å². The van der Waals surface area contributed by atoms with Gasteiger partial charge in [0, 0.05) is 6.54 Å². The Morgan fingerprint density at radius 1 is 1.07 bits per heavy atom. The molecule has 0 heterocycles. The highest BCUT2D eigenvalue weighted by Crippen LogP contribution is 2.03. The Kier molecular flexibility index (Phi) is 10.9. The maximum Gasteiger partial charge on any atom is 0.230 e. The fraction of sp³-hybridized carbons (Fsp3) is 0.900. The molecule has 0 fully saturated rings. The van der Waals surface area contributed by atoms with Crippen LogP contribution < -0.4 is 11.1 Å². The van der Waals surface area contributed by atoms with Crippen LogP contribution in [0, 0.1) is 0 Å². The van der Waals surface area contributed by atoms with E-state index in [0.29, 0.717) is 5.33 Å². The van der Waals surface area contributed by atoms with Gasteiger partial charge in [-0.15, -0.1) is 0 Å². The van der Waals surface area contributed by atoms with Crippen molar-refractivity contribution in [2.24, 2.45) is 5.73 Å². The third-order valence-corrected chi connectivity index (χ3v) is 2.58. The van der Waals surface area contributed by atoms with Gasteiger partial charge in [-0.2, -0.15) is 0 Å². The molecule has 0 saturated carbocycles. The third-order valence-electron chi connectivity index (χ3n) is 2.07. The molecule has 0 aliphatic rings. The maximum absolute atomic E-state index is 10.8. The first-order valence-corrected chi connectivity index (χ1v) is 6.46. The predicted octanol–water partition coefficient (Wildman–Crippen LogP) is 1.80. The summed E-state index contributed by atoms with van der Waals surface area (Å²) in [6.07, 6.45) is 7.19. The molecule has 14 heavy (non-hydrogen) atoms. The minimum Gasteiger partial charge on any atom is -0.355 e. The summed E-state index contributed by atoms with van der Waals surface area (Å²) in [4.78, 5) is 10.8. The molecule has 0 radical (unpaired) electrons. The Morgan fingerprint density at radius 2 is 1.64 bits per heavy atom. The number of carbonyl (C=O) groups is 1. The van der Waals surface area contributed by atoms with Crippen molar-refractivity contribution in [3.05, 3.63) is 0 Å². The number of carbonyl (C=O) groups excluding carboxylic acids is 1. The van der Waals surface area contributed by atoms with Crippen LogP contribution in [0.3, 0.4) is 0 Å². The lowest BCUT2D eigenvalue weighted by atomic mass is 10.1. The SMILES string of the molecule is NCCCCCCCCNC(=O)CBr. The van der Waals surface area contributed by atoms with Crippen molar-refractivity contribution in [3.8, 4) is 0 Å². The Balaban J connectivity index is 2.95. The summed E-state index contributed by atoms with van der Waals surface area (Å²) in [5, 5.41) is 3.23. The molecule has 0 atom stereocenters. The van der Waals surface area contributed by atoms with Gasteiger partial charge in [0.05, 0.1) is 5.33 Å². The van der Waals surface area contributed by atoms with Crippen LogP contribution in [0.25, 0.3) is 0 Å². The smallest absolute Gasteiger partial charge is 0.230 e. The first kappa shape index (κ1) is 13.9. The number of hydrogen-bond donors (Lipinski definition) is 2. The molecular weight excluding hydrogens is 244 g/mol. The Morgan fingerprint density at radius 3 is 2.21 bits per heavy atom. The zero-order valence-corrected chi connectivity index (χ0v) is 10.3. The molecule has 0 aliphatic heterocycles. The maximum atomic E-state index is 10.8. The summed E-state index contributed by atoms with van der Waals surface area (Å²) in [5.41, 5.74) is 5.39. The first-order valence-electron chi connectivity index (χ1n) is 5.34. The van der Waals surface area contributed by atoms with E-state index in [2.05, 4.69) is 21.2 Å². The van der Waals surface area contributed by atoms with Crippen LogP contribution in [0.15, 0.2) is 0 Å². The number of hydrogen-bond acceptors (Lipinski definition) is 2. The van der Waals surface area contributed by atoms with Gasteiger partial charge >= 0.3 is 0 Å². The predicted molar refractivity (Wildman–Crippen MR) is 63.6 cm³/mol. The monoisotopic (exact) mass is 264 g/mol. The molecular formula is C10H21BrN2O. The van der Waals surface area contributed by atoms with E-state index >= 15 is 0 Å². The molecule has 0 aromatic heterocycles. The quantitative estimate of drug-likeness (QED) is 0.493. The van der Waals surface area contributed by atoms with Crippen LogP contribution in [-0.4, -0.2) is 24.3 Å². The van der Waals surface area contributed by atoms with Crippen molar-refractivity contribution in [3.63, 3.8) is 0 Å². The highest BCUT2D eigenvalue weighted by Gasteiger charge is 1.95. The van der Waals surface area contributed by atoms with Crippen LogP contribution >= 0.6 is 15.9 Å². The van der Waals surface area contributed by atoms with E-state index in [0.717, 1.165) is 25.9 Å². The lowest BCUT2D eigenvalue weighted by Gasteiger charge is -2.02. The average Bonchev–Trinajstić information content (AvgIpc) is 2.21. The minimum absolute atomic E-state index is 0.0770. The number of rotatable bonds is 9. The molecule has 0 aromatic carbocycles. The van der Waals surface area contributed by atoms with E-state index in [1.165, 1.54) is 25.7 Å². The zero-order chi connectivity index (χ0) is 10.6. The molecule has 1 amide bonds. The molecule has 3 nitrogen and oxygen atoms in total.